The Labute approximate surface area is 51.5 Å². The molecule has 1 rings (SSSR count). The highest BCUT2D eigenvalue weighted by molar-refractivity contribution is 5.85. The third kappa shape index (κ3) is 0.861. The molecule has 1 aromatic rings. The van der Waals surface area contributed by atoms with E-state index in [9.17, 15) is 4.79 Å². The Morgan fingerprint density at radius 1 is 1.78 bits per heavy atom. The molecule has 0 spiro atoms. The molecule has 0 aliphatic carbocycles. The average Bonchev–Trinajstić information content (AvgIpc) is 2.13. The van der Waals surface area contributed by atoms with Crippen LogP contribution in [0, 0.1) is 0 Å². The fraction of sp³-hybridized carbons (Fsp3) is 0. The lowest BCUT2D eigenvalue weighted by Crippen LogP contribution is -2.14. The van der Waals surface area contributed by atoms with Crippen molar-refractivity contribution in [3.63, 3.8) is 0 Å². The summed E-state index contributed by atoms with van der Waals surface area (Å²) in [5.41, 5.74) is 0.0926. The molecule has 1 aromatic heterocycles. The molecule has 4 heteroatoms. The van der Waals surface area contributed by atoms with Crippen molar-refractivity contribution in [2.24, 2.45) is 0 Å². The topological polar surface area (TPSA) is 68.2 Å². The second kappa shape index (κ2) is 1.81. The summed E-state index contributed by atoms with van der Waals surface area (Å²) in [6.45, 7) is 0. The first-order valence-corrected chi connectivity index (χ1v) is 2.37. The summed E-state index contributed by atoms with van der Waals surface area (Å²) in [6.07, 6.45) is 1.48. The van der Waals surface area contributed by atoms with Gasteiger partial charge in [-0.05, 0) is 12.1 Å². The van der Waals surface area contributed by atoms with Crippen molar-refractivity contribution in [2.45, 2.75) is 0 Å². The van der Waals surface area contributed by atoms with Crippen LogP contribution in [0.15, 0.2) is 18.3 Å². The Balaban J connectivity index is 3.08. The van der Waals surface area contributed by atoms with E-state index in [0.717, 1.165) is 4.68 Å². The molecule has 3 N–H and O–H groups in total. The molecule has 0 atom stereocenters. The standard InChI is InChI=1S/C5H6N2O2/c6-7-3-1-2-4(7)5(8)9/h1-3H,6H2,(H,8,9). The molecule has 1 heterocycles. The zero-order valence-corrected chi connectivity index (χ0v) is 4.61. The second-order valence-electron chi connectivity index (χ2n) is 1.61. The number of hydrogen-bond acceptors (Lipinski definition) is 2. The molecule has 0 amide bonds. The Morgan fingerprint density at radius 2 is 2.44 bits per heavy atom. The van der Waals surface area contributed by atoms with Crippen LogP contribution in [0.4, 0.5) is 0 Å². The SMILES string of the molecule is Nn1cccc1C(=O)O. The van der Waals surface area contributed by atoms with Crippen molar-refractivity contribution in [1.82, 2.24) is 4.68 Å². The number of carbonyl (C=O) groups is 1. The van der Waals surface area contributed by atoms with E-state index in [0.29, 0.717) is 0 Å². The van der Waals surface area contributed by atoms with E-state index in [1.807, 2.05) is 0 Å². The van der Waals surface area contributed by atoms with E-state index in [1.165, 1.54) is 12.3 Å². The zero-order valence-electron chi connectivity index (χ0n) is 4.61. The van der Waals surface area contributed by atoms with Gasteiger partial charge in [0.15, 0.2) is 0 Å². The highest BCUT2D eigenvalue weighted by atomic mass is 16.4. The summed E-state index contributed by atoms with van der Waals surface area (Å²) >= 11 is 0. The highest BCUT2D eigenvalue weighted by Crippen LogP contribution is 1.95. The second-order valence-corrected chi connectivity index (χ2v) is 1.61. The Bertz CT molecular complexity index is 229. The minimum Gasteiger partial charge on any atom is -0.477 e. The van der Waals surface area contributed by atoms with Crippen LogP contribution in [0.5, 0.6) is 0 Å². The van der Waals surface area contributed by atoms with E-state index in [4.69, 9.17) is 10.9 Å². The van der Waals surface area contributed by atoms with Gasteiger partial charge in [0.1, 0.15) is 5.69 Å². The fourth-order valence-corrected chi connectivity index (χ4v) is 0.575. The highest BCUT2D eigenvalue weighted by Gasteiger charge is 2.04. The minimum absolute atomic E-state index is 0.0926. The van der Waals surface area contributed by atoms with Crippen LogP contribution in [0.3, 0.4) is 0 Å². The summed E-state index contributed by atoms with van der Waals surface area (Å²) in [7, 11) is 0. The summed E-state index contributed by atoms with van der Waals surface area (Å²) in [5.74, 6) is 4.17. The molecule has 0 aliphatic rings. The number of carboxylic acids is 1. The Kier molecular flexibility index (Phi) is 1.14. The Morgan fingerprint density at radius 3 is 2.67 bits per heavy atom. The van der Waals surface area contributed by atoms with Crippen LogP contribution in [0.2, 0.25) is 0 Å². The maximum absolute atomic E-state index is 10.2. The third-order valence-corrected chi connectivity index (χ3v) is 0.998. The number of rotatable bonds is 1. The maximum Gasteiger partial charge on any atom is 0.354 e. The summed E-state index contributed by atoms with van der Waals surface area (Å²) in [6, 6.07) is 3.01. The lowest BCUT2D eigenvalue weighted by Gasteiger charge is -1.93. The molecular formula is C5H6N2O2. The number of carboxylic acid groups (broad SMARTS) is 1. The predicted octanol–water partition coefficient (Wildman–Crippen LogP) is -0.0999. The number of nitrogen functional groups attached to an aromatic ring is 1. The first-order chi connectivity index (χ1) is 4.22. The molecule has 9 heavy (non-hydrogen) atoms. The maximum atomic E-state index is 10.2. The van der Waals surface area contributed by atoms with Gasteiger partial charge < -0.3 is 10.9 Å². The van der Waals surface area contributed by atoms with E-state index < -0.39 is 5.97 Å². The average molecular weight is 126 g/mol. The number of hydrogen-bond donors (Lipinski definition) is 2. The molecule has 0 bridgehead atoms. The van der Waals surface area contributed by atoms with Gasteiger partial charge >= 0.3 is 5.97 Å². The molecule has 48 valence electrons. The van der Waals surface area contributed by atoms with E-state index >= 15 is 0 Å². The molecule has 0 saturated carbocycles. The van der Waals surface area contributed by atoms with E-state index in [-0.39, 0.29) is 5.69 Å². The van der Waals surface area contributed by atoms with Crippen LogP contribution in [-0.2, 0) is 0 Å². The summed E-state index contributed by atoms with van der Waals surface area (Å²) < 4.78 is 1.06. The van der Waals surface area contributed by atoms with Crippen LogP contribution in [0.25, 0.3) is 0 Å². The first-order valence-electron chi connectivity index (χ1n) is 2.37. The van der Waals surface area contributed by atoms with Gasteiger partial charge in [-0.15, -0.1) is 0 Å². The third-order valence-electron chi connectivity index (χ3n) is 0.998. The number of nitrogens with zero attached hydrogens (tertiary/aromatic N) is 1. The lowest BCUT2D eigenvalue weighted by atomic mass is 10.4. The van der Waals surface area contributed by atoms with Crippen LogP contribution < -0.4 is 5.84 Å². The molecule has 0 aromatic carbocycles. The minimum atomic E-state index is -1.01. The molecule has 0 saturated heterocycles. The molecule has 0 aliphatic heterocycles. The summed E-state index contributed by atoms with van der Waals surface area (Å²) in [4.78, 5) is 10.2. The van der Waals surface area contributed by atoms with Crippen molar-refractivity contribution in [1.29, 1.82) is 0 Å². The van der Waals surface area contributed by atoms with Crippen LogP contribution in [0.1, 0.15) is 10.5 Å². The molecule has 4 nitrogen and oxygen atoms in total. The molecular weight excluding hydrogens is 120 g/mol. The van der Waals surface area contributed by atoms with Gasteiger partial charge in [0.25, 0.3) is 0 Å². The van der Waals surface area contributed by atoms with E-state index in [1.54, 1.807) is 6.07 Å². The molecule has 0 radical (unpaired) electrons. The zero-order chi connectivity index (χ0) is 6.85. The lowest BCUT2D eigenvalue weighted by molar-refractivity contribution is 0.0687. The van der Waals surface area contributed by atoms with Crippen LogP contribution >= 0.6 is 0 Å². The van der Waals surface area contributed by atoms with Gasteiger partial charge in [-0.25, -0.2) is 4.79 Å². The van der Waals surface area contributed by atoms with Crippen molar-refractivity contribution < 1.29 is 9.90 Å². The van der Waals surface area contributed by atoms with E-state index in [2.05, 4.69) is 0 Å². The Hall–Kier alpha value is -1.45. The largest absolute Gasteiger partial charge is 0.477 e. The molecule has 0 fully saturated rings. The monoisotopic (exact) mass is 126 g/mol. The molecule has 0 unspecified atom stereocenters. The summed E-state index contributed by atoms with van der Waals surface area (Å²) in [5, 5.41) is 8.35. The van der Waals surface area contributed by atoms with Crippen molar-refractivity contribution in [3.05, 3.63) is 24.0 Å². The van der Waals surface area contributed by atoms with Gasteiger partial charge in [0, 0.05) is 6.20 Å². The van der Waals surface area contributed by atoms with Gasteiger partial charge in [-0.2, -0.15) is 0 Å². The fourth-order valence-electron chi connectivity index (χ4n) is 0.575. The van der Waals surface area contributed by atoms with Crippen molar-refractivity contribution >= 4 is 5.97 Å². The van der Waals surface area contributed by atoms with Gasteiger partial charge in [0.2, 0.25) is 0 Å². The number of nitrogens with two attached hydrogens (primary N) is 1. The first kappa shape index (κ1) is 5.68. The van der Waals surface area contributed by atoms with Gasteiger partial charge in [0.05, 0.1) is 0 Å². The van der Waals surface area contributed by atoms with Crippen molar-refractivity contribution in [3.8, 4) is 0 Å². The van der Waals surface area contributed by atoms with Gasteiger partial charge in [-0.3, -0.25) is 4.68 Å². The van der Waals surface area contributed by atoms with Crippen molar-refractivity contribution in [2.75, 3.05) is 5.84 Å². The van der Waals surface area contributed by atoms with Gasteiger partial charge in [-0.1, -0.05) is 0 Å². The quantitative estimate of drug-likeness (QED) is 0.516. The van der Waals surface area contributed by atoms with Crippen LogP contribution in [-0.4, -0.2) is 15.8 Å². The normalized spacial score (nSPS) is 9.33. The number of aromatic carboxylic acids is 1. The predicted molar refractivity (Wildman–Crippen MR) is 31.5 cm³/mol. The smallest absolute Gasteiger partial charge is 0.354 e. The number of aromatic nitrogens is 1.